The summed E-state index contributed by atoms with van der Waals surface area (Å²) in [6, 6.07) is 7.78. The van der Waals surface area contributed by atoms with Crippen LogP contribution in [0, 0.1) is 6.92 Å². The summed E-state index contributed by atoms with van der Waals surface area (Å²) in [4.78, 5) is 4.37. The quantitative estimate of drug-likeness (QED) is 0.745. The molecule has 0 unspecified atom stereocenters. The second-order valence-electron chi connectivity index (χ2n) is 3.15. The zero-order valence-electron chi connectivity index (χ0n) is 7.99. The number of H-pyrrole nitrogens is 1. The summed E-state index contributed by atoms with van der Waals surface area (Å²) in [5.41, 5.74) is 9.10. The van der Waals surface area contributed by atoms with Gasteiger partial charge in [0.05, 0.1) is 5.69 Å². The molecule has 14 heavy (non-hydrogen) atoms. The highest BCUT2D eigenvalue weighted by atomic mass is 15.1. The molecule has 4 nitrogen and oxygen atoms in total. The Kier molecular flexibility index (Phi) is 2.28. The van der Waals surface area contributed by atoms with E-state index in [4.69, 9.17) is 5.73 Å². The highest BCUT2D eigenvalue weighted by molar-refractivity contribution is 5.54. The van der Waals surface area contributed by atoms with E-state index in [2.05, 4.69) is 15.2 Å². The summed E-state index contributed by atoms with van der Waals surface area (Å²) in [5.74, 6) is 0. The van der Waals surface area contributed by atoms with Crippen molar-refractivity contribution >= 4 is 0 Å². The molecule has 0 amide bonds. The second kappa shape index (κ2) is 3.59. The van der Waals surface area contributed by atoms with E-state index in [0.29, 0.717) is 6.54 Å². The minimum atomic E-state index is 0.471. The van der Waals surface area contributed by atoms with Gasteiger partial charge in [-0.3, -0.25) is 10.1 Å². The zero-order chi connectivity index (χ0) is 9.97. The van der Waals surface area contributed by atoms with Crippen LogP contribution in [-0.4, -0.2) is 15.2 Å². The maximum absolute atomic E-state index is 5.48. The molecule has 2 aromatic rings. The molecule has 3 N–H and O–H groups in total. The Morgan fingerprint density at radius 3 is 2.86 bits per heavy atom. The predicted molar refractivity (Wildman–Crippen MR) is 54.4 cm³/mol. The second-order valence-corrected chi connectivity index (χ2v) is 3.15. The smallest absolute Gasteiger partial charge is 0.111 e. The minimum absolute atomic E-state index is 0.471. The van der Waals surface area contributed by atoms with Crippen LogP contribution in [0.25, 0.3) is 11.4 Å². The Bertz CT molecular complexity index is 433. The van der Waals surface area contributed by atoms with Gasteiger partial charge in [0.2, 0.25) is 0 Å². The highest BCUT2D eigenvalue weighted by Crippen LogP contribution is 2.14. The maximum Gasteiger partial charge on any atom is 0.111 e. The fourth-order valence-corrected chi connectivity index (χ4v) is 1.28. The third-order valence-electron chi connectivity index (χ3n) is 2.00. The normalized spacial score (nSPS) is 10.4. The Balaban J connectivity index is 2.39. The molecule has 2 rings (SSSR count). The maximum atomic E-state index is 5.48. The van der Waals surface area contributed by atoms with Crippen molar-refractivity contribution in [3.8, 4) is 11.4 Å². The summed E-state index contributed by atoms with van der Waals surface area (Å²) in [7, 11) is 0. The number of hydrogen-bond donors (Lipinski definition) is 2. The summed E-state index contributed by atoms with van der Waals surface area (Å²) < 4.78 is 0. The number of nitrogens with zero attached hydrogens (tertiary/aromatic N) is 2. The van der Waals surface area contributed by atoms with Gasteiger partial charge in [0, 0.05) is 17.9 Å². The molecule has 0 saturated heterocycles. The van der Waals surface area contributed by atoms with Crippen LogP contribution in [0.3, 0.4) is 0 Å². The van der Waals surface area contributed by atoms with Gasteiger partial charge in [-0.1, -0.05) is 6.07 Å². The molecule has 0 atom stereocenters. The van der Waals surface area contributed by atoms with Crippen LogP contribution < -0.4 is 5.73 Å². The topological polar surface area (TPSA) is 67.6 Å². The van der Waals surface area contributed by atoms with Crippen molar-refractivity contribution in [2.24, 2.45) is 5.73 Å². The lowest BCUT2D eigenvalue weighted by Gasteiger charge is -1.95. The molecular formula is C10H12N4. The lowest BCUT2D eigenvalue weighted by atomic mass is 10.2. The van der Waals surface area contributed by atoms with Crippen molar-refractivity contribution in [2.45, 2.75) is 13.5 Å². The molecule has 2 aromatic heterocycles. The van der Waals surface area contributed by atoms with Crippen molar-refractivity contribution < 1.29 is 0 Å². The number of aromatic nitrogens is 3. The molecule has 72 valence electrons. The summed E-state index contributed by atoms with van der Waals surface area (Å²) in [5, 5.41) is 6.99. The number of aromatic amines is 1. The number of pyridine rings is 1. The molecule has 4 heteroatoms. The number of hydrogen-bond acceptors (Lipinski definition) is 3. The number of nitrogens with two attached hydrogens (primary N) is 1. The van der Waals surface area contributed by atoms with Crippen LogP contribution in [0.15, 0.2) is 24.3 Å². The van der Waals surface area contributed by atoms with Crippen molar-refractivity contribution in [1.82, 2.24) is 15.2 Å². The molecule has 0 aliphatic heterocycles. The van der Waals surface area contributed by atoms with E-state index in [-0.39, 0.29) is 0 Å². The molecule has 0 spiro atoms. The van der Waals surface area contributed by atoms with Crippen LogP contribution in [-0.2, 0) is 6.54 Å². The van der Waals surface area contributed by atoms with Crippen molar-refractivity contribution in [3.05, 3.63) is 35.7 Å². The molecule has 0 aliphatic carbocycles. The van der Waals surface area contributed by atoms with Gasteiger partial charge in [-0.15, -0.1) is 0 Å². The van der Waals surface area contributed by atoms with E-state index in [1.807, 2.05) is 31.2 Å². The van der Waals surface area contributed by atoms with Gasteiger partial charge in [-0.2, -0.15) is 5.10 Å². The Morgan fingerprint density at radius 2 is 2.21 bits per heavy atom. The lowest BCUT2D eigenvalue weighted by molar-refractivity contribution is 0.947. The van der Waals surface area contributed by atoms with E-state index in [9.17, 15) is 0 Å². The van der Waals surface area contributed by atoms with Gasteiger partial charge in [-0.25, -0.2) is 0 Å². The molecule has 0 saturated carbocycles. The van der Waals surface area contributed by atoms with Crippen LogP contribution >= 0.6 is 0 Å². The summed E-state index contributed by atoms with van der Waals surface area (Å²) in [6.07, 6.45) is 0. The summed E-state index contributed by atoms with van der Waals surface area (Å²) >= 11 is 0. The number of rotatable bonds is 2. The molecule has 0 aliphatic rings. The molecule has 0 fully saturated rings. The third kappa shape index (κ3) is 1.65. The third-order valence-corrected chi connectivity index (χ3v) is 2.00. The largest absolute Gasteiger partial charge is 0.325 e. The molecule has 0 radical (unpaired) electrons. The number of aryl methyl sites for hydroxylation is 1. The minimum Gasteiger partial charge on any atom is -0.325 e. The van der Waals surface area contributed by atoms with E-state index >= 15 is 0 Å². The van der Waals surface area contributed by atoms with Gasteiger partial charge < -0.3 is 5.73 Å². The predicted octanol–water partition coefficient (Wildman–Crippen LogP) is 1.24. The van der Waals surface area contributed by atoms with Crippen LogP contribution in [0.4, 0.5) is 0 Å². The Morgan fingerprint density at radius 1 is 1.36 bits per heavy atom. The first-order valence-corrected chi connectivity index (χ1v) is 4.48. The SMILES string of the molecule is Cc1cccc(-c2cc(CN)[nH]n2)n1. The van der Waals surface area contributed by atoms with Gasteiger partial charge >= 0.3 is 0 Å². The lowest BCUT2D eigenvalue weighted by Crippen LogP contribution is -1.95. The monoisotopic (exact) mass is 188 g/mol. The molecule has 2 heterocycles. The molecular weight excluding hydrogens is 176 g/mol. The van der Waals surface area contributed by atoms with Gasteiger partial charge in [-0.05, 0) is 25.1 Å². The Hall–Kier alpha value is -1.68. The standard InChI is InChI=1S/C10H12N4/c1-7-3-2-4-9(12-7)10-5-8(6-11)13-14-10/h2-5H,6,11H2,1H3,(H,13,14). The van der Waals surface area contributed by atoms with Gasteiger partial charge in [0.25, 0.3) is 0 Å². The van der Waals surface area contributed by atoms with E-state index < -0.39 is 0 Å². The highest BCUT2D eigenvalue weighted by Gasteiger charge is 2.03. The van der Waals surface area contributed by atoms with E-state index in [1.54, 1.807) is 0 Å². The van der Waals surface area contributed by atoms with E-state index in [1.165, 1.54) is 0 Å². The molecule has 0 aromatic carbocycles. The zero-order valence-corrected chi connectivity index (χ0v) is 7.99. The van der Waals surface area contributed by atoms with Crippen molar-refractivity contribution in [1.29, 1.82) is 0 Å². The van der Waals surface area contributed by atoms with Gasteiger partial charge in [0.15, 0.2) is 0 Å². The summed E-state index contributed by atoms with van der Waals surface area (Å²) in [6.45, 7) is 2.43. The van der Waals surface area contributed by atoms with Crippen LogP contribution in [0.1, 0.15) is 11.4 Å². The van der Waals surface area contributed by atoms with Crippen molar-refractivity contribution in [3.63, 3.8) is 0 Å². The van der Waals surface area contributed by atoms with Crippen LogP contribution in [0.5, 0.6) is 0 Å². The fraction of sp³-hybridized carbons (Fsp3) is 0.200. The fourth-order valence-electron chi connectivity index (χ4n) is 1.28. The number of nitrogens with one attached hydrogen (secondary N) is 1. The Labute approximate surface area is 82.2 Å². The molecule has 0 bridgehead atoms. The van der Waals surface area contributed by atoms with E-state index in [0.717, 1.165) is 22.8 Å². The first kappa shape index (κ1) is 8.90. The van der Waals surface area contributed by atoms with Crippen LogP contribution in [0.2, 0.25) is 0 Å². The first-order valence-electron chi connectivity index (χ1n) is 4.48. The van der Waals surface area contributed by atoms with Crippen molar-refractivity contribution in [2.75, 3.05) is 0 Å². The first-order chi connectivity index (χ1) is 6.79. The average Bonchev–Trinajstić information content (AvgIpc) is 2.66. The van der Waals surface area contributed by atoms with Gasteiger partial charge in [0.1, 0.15) is 5.69 Å². The average molecular weight is 188 g/mol.